The number of aromatic hydroxyl groups is 1. The van der Waals surface area contributed by atoms with Crippen molar-refractivity contribution < 1.29 is 24.1 Å². The minimum Gasteiger partial charge on any atom is -0.507 e. The standard InChI is InChI=1S/C26H18FN5O6/c27-18-9-11-19(12-10-18)29-26(34)17-13-22(31(35)36)25(23(14-17)32(37)38)30-21-7-3-2-6-20(21)28-15-16-5-1-4-8-24(16)33/h1-15,30,33H,(H,29,34). The second-order valence-corrected chi connectivity index (χ2v) is 7.82. The zero-order valence-electron chi connectivity index (χ0n) is 19.4. The van der Waals surface area contributed by atoms with E-state index in [9.17, 15) is 34.5 Å². The summed E-state index contributed by atoms with van der Waals surface area (Å²) in [4.78, 5) is 39.1. The van der Waals surface area contributed by atoms with Crippen LogP contribution in [0.15, 0.2) is 89.9 Å². The molecule has 3 N–H and O–H groups in total. The molecule has 0 saturated heterocycles. The first-order valence-electron chi connectivity index (χ1n) is 10.9. The Morgan fingerprint density at radius 1 is 0.895 bits per heavy atom. The van der Waals surface area contributed by atoms with Crippen LogP contribution in [0.5, 0.6) is 5.75 Å². The molecule has 4 rings (SSSR count). The molecule has 11 nitrogen and oxygen atoms in total. The number of amides is 1. The van der Waals surface area contributed by atoms with Crippen molar-refractivity contribution in [2.45, 2.75) is 0 Å². The molecule has 0 spiro atoms. The van der Waals surface area contributed by atoms with E-state index < -0.39 is 38.6 Å². The molecule has 4 aromatic carbocycles. The smallest absolute Gasteiger partial charge is 0.300 e. The molecule has 4 aromatic rings. The number of para-hydroxylation sites is 3. The quantitative estimate of drug-likeness (QED) is 0.145. The summed E-state index contributed by atoms with van der Waals surface area (Å²) in [5, 5.41) is 38.9. The number of nitro groups is 2. The van der Waals surface area contributed by atoms with Gasteiger partial charge in [0.15, 0.2) is 5.69 Å². The van der Waals surface area contributed by atoms with E-state index >= 15 is 0 Å². The van der Waals surface area contributed by atoms with Crippen LogP contribution in [0.2, 0.25) is 0 Å². The van der Waals surface area contributed by atoms with Crippen LogP contribution in [0.4, 0.5) is 38.5 Å². The monoisotopic (exact) mass is 515 g/mol. The van der Waals surface area contributed by atoms with Gasteiger partial charge in [-0.1, -0.05) is 24.3 Å². The van der Waals surface area contributed by atoms with Gasteiger partial charge in [-0.15, -0.1) is 0 Å². The number of benzene rings is 4. The molecule has 0 aliphatic rings. The van der Waals surface area contributed by atoms with E-state index in [-0.39, 0.29) is 28.4 Å². The van der Waals surface area contributed by atoms with Crippen LogP contribution in [0.25, 0.3) is 0 Å². The SMILES string of the molecule is O=C(Nc1ccc(F)cc1)c1cc([N+](=O)[O-])c(Nc2ccccc2N=Cc2ccccc2O)c([N+](=O)[O-])c1. The number of nitrogens with zero attached hydrogens (tertiary/aromatic N) is 3. The number of halogens is 1. The molecule has 0 heterocycles. The van der Waals surface area contributed by atoms with Crippen LogP contribution in [-0.4, -0.2) is 27.1 Å². The number of anilines is 3. The molecule has 0 saturated carbocycles. The third-order valence-corrected chi connectivity index (χ3v) is 5.30. The van der Waals surface area contributed by atoms with Crippen LogP contribution >= 0.6 is 0 Å². The van der Waals surface area contributed by atoms with E-state index in [1.54, 1.807) is 36.4 Å². The summed E-state index contributed by atoms with van der Waals surface area (Å²) in [5.74, 6) is -1.40. The minimum absolute atomic E-state index is 0.0116. The number of nitro benzene ring substituents is 2. The molecule has 0 bridgehead atoms. The maximum absolute atomic E-state index is 13.1. The topological polar surface area (TPSA) is 160 Å². The largest absolute Gasteiger partial charge is 0.507 e. The van der Waals surface area contributed by atoms with Crippen molar-refractivity contribution in [2.75, 3.05) is 10.6 Å². The van der Waals surface area contributed by atoms with Gasteiger partial charge in [0.05, 0.1) is 26.8 Å². The van der Waals surface area contributed by atoms with Crippen molar-refractivity contribution in [3.63, 3.8) is 0 Å². The average molecular weight is 515 g/mol. The third kappa shape index (κ3) is 5.76. The van der Waals surface area contributed by atoms with Crippen LogP contribution in [-0.2, 0) is 0 Å². The lowest BCUT2D eigenvalue weighted by Crippen LogP contribution is -2.13. The van der Waals surface area contributed by atoms with E-state index in [4.69, 9.17) is 0 Å². The van der Waals surface area contributed by atoms with Crippen LogP contribution in [0.1, 0.15) is 15.9 Å². The number of aliphatic imine (C=N–C) groups is 1. The van der Waals surface area contributed by atoms with Gasteiger partial charge in [0.25, 0.3) is 5.91 Å². The van der Waals surface area contributed by atoms with Crippen molar-refractivity contribution in [1.29, 1.82) is 0 Å². The van der Waals surface area contributed by atoms with Gasteiger partial charge >= 0.3 is 11.4 Å². The minimum atomic E-state index is -0.859. The summed E-state index contributed by atoms with van der Waals surface area (Å²) in [7, 11) is 0. The van der Waals surface area contributed by atoms with Gasteiger partial charge in [-0.05, 0) is 48.5 Å². The van der Waals surface area contributed by atoms with Gasteiger partial charge in [-0.25, -0.2) is 4.39 Å². The molecule has 0 fully saturated rings. The van der Waals surface area contributed by atoms with Crippen molar-refractivity contribution in [3.8, 4) is 5.75 Å². The van der Waals surface area contributed by atoms with Crippen molar-refractivity contribution >= 4 is 46.2 Å². The predicted octanol–water partition coefficient (Wildman–Crippen LogP) is 6.09. The molecule has 0 aliphatic carbocycles. The highest BCUT2D eigenvalue weighted by Gasteiger charge is 2.29. The van der Waals surface area contributed by atoms with Gasteiger partial charge in [-0.2, -0.15) is 0 Å². The Morgan fingerprint density at radius 3 is 2.13 bits per heavy atom. The number of hydrogen-bond acceptors (Lipinski definition) is 8. The maximum atomic E-state index is 13.1. The fourth-order valence-electron chi connectivity index (χ4n) is 3.46. The number of nitrogens with one attached hydrogen (secondary N) is 2. The van der Waals surface area contributed by atoms with E-state index in [1.165, 1.54) is 30.5 Å². The number of hydrogen-bond donors (Lipinski definition) is 3. The summed E-state index contributed by atoms with van der Waals surface area (Å²) >= 11 is 0. The first-order chi connectivity index (χ1) is 18.2. The molecule has 38 heavy (non-hydrogen) atoms. The molecule has 1 amide bonds. The molecule has 0 atom stereocenters. The lowest BCUT2D eigenvalue weighted by Gasteiger charge is -2.12. The lowest BCUT2D eigenvalue weighted by atomic mass is 10.1. The average Bonchev–Trinajstić information content (AvgIpc) is 2.90. The van der Waals surface area contributed by atoms with Crippen molar-refractivity contribution in [2.24, 2.45) is 4.99 Å². The highest BCUT2D eigenvalue weighted by atomic mass is 19.1. The molecule has 0 aromatic heterocycles. The van der Waals surface area contributed by atoms with E-state index in [2.05, 4.69) is 15.6 Å². The van der Waals surface area contributed by atoms with Gasteiger partial charge in [0, 0.05) is 29.6 Å². The van der Waals surface area contributed by atoms with Crippen molar-refractivity contribution in [1.82, 2.24) is 0 Å². The first-order valence-corrected chi connectivity index (χ1v) is 10.9. The molecular weight excluding hydrogens is 497 g/mol. The number of rotatable bonds is 8. The lowest BCUT2D eigenvalue weighted by molar-refractivity contribution is -0.392. The molecule has 0 radical (unpaired) electrons. The summed E-state index contributed by atoms with van der Waals surface area (Å²) in [6, 6.07) is 19.3. The summed E-state index contributed by atoms with van der Waals surface area (Å²) in [6.07, 6.45) is 1.38. The van der Waals surface area contributed by atoms with E-state index in [1.807, 2.05) is 0 Å². The fourth-order valence-corrected chi connectivity index (χ4v) is 3.46. The summed E-state index contributed by atoms with van der Waals surface area (Å²) in [6.45, 7) is 0. The normalized spacial score (nSPS) is 10.8. The third-order valence-electron chi connectivity index (χ3n) is 5.30. The molecule has 12 heteroatoms. The Labute approximate surface area is 214 Å². The second-order valence-electron chi connectivity index (χ2n) is 7.82. The van der Waals surface area contributed by atoms with Crippen LogP contribution in [0.3, 0.4) is 0 Å². The second kappa shape index (κ2) is 11.0. The van der Waals surface area contributed by atoms with E-state index in [0.717, 1.165) is 24.3 Å². The Balaban J connectivity index is 1.72. The Hall–Kier alpha value is -5.65. The Morgan fingerprint density at radius 2 is 1.50 bits per heavy atom. The molecule has 0 unspecified atom stereocenters. The highest BCUT2D eigenvalue weighted by molar-refractivity contribution is 6.06. The highest BCUT2D eigenvalue weighted by Crippen LogP contribution is 2.40. The summed E-state index contributed by atoms with van der Waals surface area (Å²) in [5.41, 5.74) is -1.15. The van der Waals surface area contributed by atoms with Gasteiger partial charge in [0.1, 0.15) is 11.6 Å². The Bertz CT molecular complexity index is 1540. The fraction of sp³-hybridized carbons (Fsp3) is 0. The van der Waals surface area contributed by atoms with Gasteiger partial charge < -0.3 is 15.7 Å². The number of carbonyl (C=O) groups is 1. The molecular formula is C26H18FN5O6. The molecule has 0 aliphatic heterocycles. The predicted molar refractivity (Wildman–Crippen MR) is 139 cm³/mol. The van der Waals surface area contributed by atoms with Crippen molar-refractivity contribution in [3.05, 3.63) is 122 Å². The van der Waals surface area contributed by atoms with E-state index in [0.29, 0.717) is 5.56 Å². The number of phenols is 1. The van der Waals surface area contributed by atoms with Gasteiger partial charge in [0.2, 0.25) is 0 Å². The summed E-state index contributed by atoms with van der Waals surface area (Å²) < 4.78 is 13.1. The van der Waals surface area contributed by atoms with Crippen LogP contribution in [0, 0.1) is 26.0 Å². The number of carbonyl (C=O) groups excluding carboxylic acids is 1. The first kappa shape index (κ1) is 25.4. The van der Waals surface area contributed by atoms with Crippen LogP contribution < -0.4 is 10.6 Å². The maximum Gasteiger partial charge on any atom is 0.300 e. The van der Waals surface area contributed by atoms with Gasteiger partial charge in [-0.3, -0.25) is 30.0 Å². The zero-order chi connectivity index (χ0) is 27.2. The Kier molecular flexibility index (Phi) is 7.33. The zero-order valence-corrected chi connectivity index (χ0v) is 19.4. The molecule has 190 valence electrons. The number of phenolic OH excluding ortho intramolecular Hbond substituents is 1.